The van der Waals surface area contributed by atoms with Crippen molar-refractivity contribution in [2.24, 2.45) is 0 Å². The van der Waals surface area contributed by atoms with Gasteiger partial charge in [-0.1, -0.05) is 47.6 Å². The van der Waals surface area contributed by atoms with Crippen LogP contribution in [0.15, 0.2) is 75.9 Å². The second-order valence-corrected chi connectivity index (χ2v) is 11.1. The van der Waals surface area contributed by atoms with E-state index in [2.05, 4.69) is 30.8 Å². The van der Waals surface area contributed by atoms with Crippen LogP contribution in [0.1, 0.15) is 38.1 Å². The molecular weight excluding hydrogens is 474 g/mol. The maximum Gasteiger partial charge on any atom is 0.167 e. The monoisotopic (exact) mass is 497 g/mol. The zero-order chi connectivity index (χ0) is 22.0. The van der Waals surface area contributed by atoms with Crippen LogP contribution in [0.3, 0.4) is 0 Å². The highest BCUT2D eigenvalue weighted by atomic mass is 79.9. The highest BCUT2D eigenvalue weighted by molar-refractivity contribution is 9.10. The second kappa shape index (κ2) is 9.12. The lowest BCUT2D eigenvalue weighted by Gasteiger charge is -2.29. The SMILES string of the molecule is CC(C)(C)[S@+]([O-])NC(Cc1cccc(Br)n1)c1ccccc1-c1noc2ccccc12. The summed E-state index contributed by atoms with van der Waals surface area (Å²) in [4.78, 5) is 4.59. The maximum atomic E-state index is 13.1. The highest BCUT2D eigenvalue weighted by Crippen LogP contribution is 2.35. The van der Waals surface area contributed by atoms with Crippen molar-refractivity contribution in [1.82, 2.24) is 14.9 Å². The first-order valence-corrected chi connectivity index (χ1v) is 12.0. The molecule has 0 aliphatic carbocycles. The maximum absolute atomic E-state index is 13.1. The van der Waals surface area contributed by atoms with E-state index in [0.29, 0.717) is 6.42 Å². The fourth-order valence-electron chi connectivity index (χ4n) is 3.39. The van der Waals surface area contributed by atoms with E-state index in [4.69, 9.17) is 4.52 Å². The second-order valence-electron chi connectivity index (χ2n) is 8.32. The minimum atomic E-state index is -1.26. The van der Waals surface area contributed by atoms with E-state index in [0.717, 1.165) is 38.1 Å². The third-order valence-corrected chi connectivity index (χ3v) is 7.01. The largest absolute Gasteiger partial charge is 0.598 e. The summed E-state index contributed by atoms with van der Waals surface area (Å²) in [6, 6.07) is 21.5. The minimum Gasteiger partial charge on any atom is -0.598 e. The molecule has 0 saturated carbocycles. The first-order chi connectivity index (χ1) is 14.8. The van der Waals surface area contributed by atoms with Crippen molar-refractivity contribution < 1.29 is 9.08 Å². The van der Waals surface area contributed by atoms with Gasteiger partial charge in [-0.05, 0) is 66.5 Å². The van der Waals surface area contributed by atoms with Gasteiger partial charge in [0.1, 0.15) is 15.0 Å². The molecule has 0 radical (unpaired) electrons. The number of hydrogen-bond donors (Lipinski definition) is 1. The molecule has 160 valence electrons. The van der Waals surface area contributed by atoms with Gasteiger partial charge in [0.05, 0.1) is 6.04 Å². The van der Waals surface area contributed by atoms with Crippen molar-refractivity contribution in [3.05, 3.63) is 82.6 Å². The molecule has 31 heavy (non-hydrogen) atoms. The van der Waals surface area contributed by atoms with Crippen LogP contribution in [0.4, 0.5) is 0 Å². The zero-order valence-electron chi connectivity index (χ0n) is 17.6. The van der Waals surface area contributed by atoms with E-state index in [1.54, 1.807) is 0 Å². The van der Waals surface area contributed by atoms with Gasteiger partial charge in [-0.3, -0.25) is 0 Å². The summed E-state index contributed by atoms with van der Waals surface area (Å²) in [6.45, 7) is 5.88. The molecule has 0 bridgehead atoms. The molecule has 4 rings (SSSR count). The van der Waals surface area contributed by atoms with Gasteiger partial charge in [0.2, 0.25) is 0 Å². The van der Waals surface area contributed by atoms with Crippen LogP contribution >= 0.6 is 15.9 Å². The number of nitrogens with one attached hydrogen (secondary N) is 1. The number of rotatable bonds is 6. The summed E-state index contributed by atoms with van der Waals surface area (Å²) < 4.78 is 22.3. The average Bonchev–Trinajstić information content (AvgIpc) is 3.16. The third-order valence-electron chi connectivity index (χ3n) is 4.96. The number of hydrogen-bond acceptors (Lipinski definition) is 5. The number of pyridine rings is 1. The topological polar surface area (TPSA) is 74.0 Å². The number of fused-ring (bicyclic) bond motifs is 1. The highest BCUT2D eigenvalue weighted by Gasteiger charge is 2.31. The van der Waals surface area contributed by atoms with Crippen LogP contribution in [0.25, 0.3) is 22.2 Å². The number of aromatic nitrogens is 2. The normalized spacial score (nSPS) is 14.0. The van der Waals surface area contributed by atoms with Crippen LogP contribution in [0.5, 0.6) is 0 Å². The molecule has 5 nitrogen and oxygen atoms in total. The lowest BCUT2D eigenvalue weighted by atomic mass is 9.94. The smallest absolute Gasteiger partial charge is 0.167 e. The molecular formula is C24H24BrN3O2S. The van der Waals surface area contributed by atoms with Crippen molar-refractivity contribution in [2.75, 3.05) is 0 Å². The van der Waals surface area contributed by atoms with Crippen LogP contribution < -0.4 is 4.72 Å². The van der Waals surface area contributed by atoms with E-state index in [9.17, 15) is 4.55 Å². The Morgan fingerprint density at radius 2 is 1.77 bits per heavy atom. The van der Waals surface area contributed by atoms with E-state index < -0.39 is 16.1 Å². The first-order valence-electron chi connectivity index (χ1n) is 10.1. The molecule has 0 saturated heterocycles. The van der Waals surface area contributed by atoms with Gasteiger partial charge in [-0.2, -0.15) is 0 Å². The Morgan fingerprint density at radius 3 is 2.55 bits per heavy atom. The van der Waals surface area contributed by atoms with Crippen LogP contribution in [0.2, 0.25) is 0 Å². The summed E-state index contributed by atoms with van der Waals surface area (Å²) in [5.74, 6) is 0. The van der Waals surface area contributed by atoms with E-state index in [-0.39, 0.29) is 6.04 Å². The Hall–Kier alpha value is -2.19. The fraction of sp³-hybridized carbons (Fsp3) is 0.250. The Kier molecular flexibility index (Phi) is 6.48. The predicted octanol–water partition coefficient (Wildman–Crippen LogP) is 5.99. The molecule has 4 aromatic rings. The Balaban J connectivity index is 1.79. The van der Waals surface area contributed by atoms with Gasteiger partial charge in [0.15, 0.2) is 5.58 Å². The van der Waals surface area contributed by atoms with E-state index in [1.807, 2.05) is 87.5 Å². The summed E-state index contributed by atoms with van der Waals surface area (Å²) in [5, 5.41) is 5.31. The molecule has 1 N–H and O–H groups in total. The molecule has 0 aliphatic rings. The molecule has 1 unspecified atom stereocenters. The first kappa shape index (κ1) is 22.0. The number of halogens is 1. The number of nitrogens with zero attached hydrogens (tertiary/aromatic N) is 2. The molecule has 2 heterocycles. The Labute approximate surface area is 193 Å². The average molecular weight is 498 g/mol. The summed E-state index contributed by atoms with van der Waals surface area (Å²) in [5.41, 5.74) is 4.37. The van der Waals surface area contributed by atoms with Crippen molar-refractivity contribution >= 4 is 38.3 Å². The summed E-state index contributed by atoms with van der Waals surface area (Å²) in [7, 11) is 0. The fourth-order valence-corrected chi connectivity index (χ4v) is 4.59. The Morgan fingerprint density at radius 1 is 1.03 bits per heavy atom. The summed E-state index contributed by atoms with van der Waals surface area (Å²) >= 11 is 2.19. The lowest BCUT2D eigenvalue weighted by molar-refractivity contribution is 0.459. The van der Waals surface area contributed by atoms with Crippen LogP contribution in [0, 0.1) is 0 Å². The minimum absolute atomic E-state index is 0.228. The van der Waals surface area contributed by atoms with E-state index in [1.165, 1.54) is 0 Å². The molecule has 2 aromatic carbocycles. The van der Waals surface area contributed by atoms with Crippen molar-refractivity contribution in [2.45, 2.75) is 38.0 Å². The van der Waals surface area contributed by atoms with Gasteiger partial charge in [-0.25, -0.2) is 4.98 Å². The van der Waals surface area contributed by atoms with Crippen molar-refractivity contribution in [3.8, 4) is 11.3 Å². The van der Waals surface area contributed by atoms with Gasteiger partial charge in [0.25, 0.3) is 0 Å². The Bertz CT molecular complexity index is 1190. The molecule has 0 amide bonds. The lowest BCUT2D eigenvalue weighted by Crippen LogP contribution is -2.42. The molecule has 0 fully saturated rings. The zero-order valence-corrected chi connectivity index (χ0v) is 20.0. The van der Waals surface area contributed by atoms with Crippen molar-refractivity contribution in [3.63, 3.8) is 0 Å². The summed E-state index contributed by atoms with van der Waals surface area (Å²) in [6.07, 6.45) is 0.577. The molecule has 2 atom stereocenters. The molecule has 0 spiro atoms. The van der Waals surface area contributed by atoms with Gasteiger partial charge >= 0.3 is 0 Å². The van der Waals surface area contributed by atoms with Crippen molar-refractivity contribution in [1.29, 1.82) is 0 Å². The van der Waals surface area contributed by atoms with Gasteiger partial charge < -0.3 is 9.08 Å². The van der Waals surface area contributed by atoms with Crippen LogP contribution in [-0.2, 0) is 17.8 Å². The van der Waals surface area contributed by atoms with Crippen LogP contribution in [-0.4, -0.2) is 19.4 Å². The molecule has 7 heteroatoms. The number of benzene rings is 2. The molecule has 2 aromatic heterocycles. The van der Waals surface area contributed by atoms with Gasteiger partial charge in [-0.15, -0.1) is 4.72 Å². The standard InChI is InChI=1S/C24H24BrN3O2S/c1-24(2,3)31(29)28-20(15-16-9-8-14-22(25)26-16)17-10-4-5-11-18(17)23-19-12-6-7-13-21(19)30-27-23/h4-14,20,28H,15H2,1-3H3/t20?,31-/m0/s1. The number of para-hydroxylation sites is 1. The van der Waals surface area contributed by atoms with Gasteiger partial charge in [0, 0.05) is 34.4 Å². The quantitative estimate of drug-likeness (QED) is 0.261. The molecule has 0 aliphatic heterocycles. The predicted molar refractivity (Wildman–Crippen MR) is 129 cm³/mol. The third kappa shape index (κ3) is 5.01. The van der Waals surface area contributed by atoms with E-state index >= 15 is 0 Å².